The highest BCUT2D eigenvalue weighted by molar-refractivity contribution is 6.52. The lowest BCUT2D eigenvalue weighted by molar-refractivity contribution is -0.117. The van der Waals surface area contributed by atoms with Crippen LogP contribution in [0.25, 0.3) is 5.70 Å². The number of ether oxygens (including phenoxy) is 2. The van der Waals surface area contributed by atoms with Crippen molar-refractivity contribution in [2.75, 3.05) is 26.6 Å². The first-order chi connectivity index (χ1) is 17.5. The fourth-order valence-electron chi connectivity index (χ4n) is 3.93. The topological polar surface area (TPSA) is 98.2 Å². The Morgan fingerprint density at radius 1 is 0.889 bits per heavy atom. The molecule has 3 aromatic rings. The van der Waals surface area contributed by atoms with Gasteiger partial charge in [-0.1, -0.05) is 54.6 Å². The van der Waals surface area contributed by atoms with Gasteiger partial charge in [0, 0.05) is 41.4 Å². The second kappa shape index (κ2) is 11.3. The largest absolute Gasteiger partial charge is 0.497 e. The number of aliphatic imine (C=N–C) groups is 1. The molecule has 0 radical (unpaired) electrons. The molecule has 0 heterocycles. The molecule has 0 saturated carbocycles. The molecule has 1 aliphatic rings. The molecule has 8 heteroatoms. The van der Waals surface area contributed by atoms with E-state index in [1.54, 1.807) is 36.4 Å². The summed E-state index contributed by atoms with van der Waals surface area (Å²) in [6, 6.07) is 20.9. The molecule has 0 fully saturated rings. The lowest BCUT2D eigenvalue weighted by atomic mass is 9.92. The lowest BCUT2D eigenvalue weighted by Crippen LogP contribution is -2.32. The van der Waals surface area contributed by atoms with Crippen molar-refractivity contribution in [1.29, 1.82) is 0 Å². The van der Waals surface area contributed by atoms with E-state index in [2.05, 4.69) is 15.8 Å². The number of fused-ring (bicyclic) bond motifs is 1. The summed E-state index contributed by atoms with van der Waals surface area (Å²) in [4.78, 5) is 36.5. The van der Waals surface area contributed by atoms with Crippen molar-refractivity contribution in [2.24, 2.45) is 4.99 Å². The van der Waals surface area contributed by atoms with E-state index in [0.717, 1.165) is 5.56 Å². The van der Waals surface area contributed by atoms with Gasteiger partial charge in [0.1, 0.15) is 23.3 Å². The molecule has 0 spiro atoms. The number of nitrogens with one attached hydrogen (secondary N) is 2. The summed E-state index contributed by atoms with van der Waals surface area (Å²) in [6.07, 6.45) is 1.90. The highest BCUT2D eigenvalue weighted by Gasteiger charge is 2.27. The van der Waals surface area contributed by atoms with Gasteiger partial charge < -0.3 is 14.8 Å². The van der Waals surface area contributed by atoms with Gasteiger partial charge in [-0.3, -0.25) is 24.9 Å². The summed E-state index contributed by atoms with van der Waals surface area (Å²) in [5, 5.41) is 2.89. The van der Waals surface area contributed by atoms with Gasteiger partial charge in [0.15, 0.2) is 0 Å². The predicted molar refractivity (Wildman–Crippen MR) is 138 cm³/mol. The number of hydrogen-bond donors (Lipinski definition) is 2. The van der Waals surface area contributed by atoms with Crippen LogP contribution in [0.15, 0.2) is 83.9 Å². The van der Waals surface area contributed by atoms with Crippen LogP contribution in [0.4, 0.5) is 5.69 Å². The number of carbonyl (C=O) groups excluding carboxylic acids is 2. The van der Waals surface area contributed by atoms with Crippen molar-refractivity contribution in [3.63, 3.8) is 0 Å². The number of benzene rings is 3. The molecule has 36 heavy (non-hydrogen) atoms. The Kier molecular flexibility index (Phi) is 7.77. The Morgan fingerprint density at radius 3 is 2.17 bits per heavy atom. The SMILES string of the molecule is CONC1=CC(=N[C@H](Cc2ccccc2)C(=O)Nc2cc(OC)cc(OC)c2)C(=O)c2ccccc21. The van der Waals surface area contributed by atoms with E-state index in [4.69, 9.17) is 14.3 Å². The number of hydrogen-bond acceptors (Lipinski definition) is 7. The molecule has 184 valence electrons. The smallest absolute Gasteiger partial charge is 0.249 e. The second-order valence-electron chi connectivity index (χ2n) is 8.05. The Morgan fingerprint density at radius 2 is 1.53 bits per heavy atom. The van der Waals surface area contributed by atoms with E-state index in [1.165, 1.54) is 21.3 Å². The minimum Gasteiger partial charge on any atom is -0.497 e. The van der Waals surface area contributed by atoms with E-state index in [0.29, 0.717) is 40.4 Å². The third-order valence-electron chi connectivity index (χ3n) is 5.68. The lowest BCUT2D eigenvalue weighted by Gasteiger charge is -2.20. The molecule has 0 unspecified atom stereocenters. The Balaban J connectivity index is 1.71. The van der Waals surface area contributed by atoms with E-state index >= 15 is 0 Å². The predicted octanol–water partition coefficient (Wildman–Crippen LogP) is 4.08. The van der Waals surface area contributed by atoms with Gasteiger partial charge in [-0.2, -0.15) is 0 Å². The molecule has 8 nitrogen and oxygen atoms in total. The van der Waals surface area contributed by atoms with Crippen molar-refractivity contribution >= 4 is 28.8 Å². The maximum Gasteiger partial charge on any atom is 0.249 e. The molecule has 1 atom stereocenters. The molecule has 0 aliphatic heterocycles. The minimum atomic E-state index is -0.881. The molecule has 1 aliphatic carbocycles. The van der Waals surface area contributed by atoms with Crippen LogP contribution in [0.3, 0.4) is 0 Å². The summed E-state index contributed by atoms with van der Waals surface area (Å²) in [5.41, 5.74) is 6.14. The molecular formula is C28H27N3O5. The van der Waals surface area contributed by atoms with Gasteiger partial charge in [-0.25, -0.2) is 0 Å². The van der Waals surface area contributed by atoms with E-state index in [9.17, 15) is 9.59 Å². The van der Waals surface area contributed by atoms with Gasteiger partial charge in [0.05, 0.1) is 27.0 Å². The van der Waals surface area contributed by atoms with E-state index in [1.807, 2.05) is 42.5 Å². The monoisotopic (exact) mass is 485 g/mol. The number of methoxy groups -OCH3 is 2. The van der Waals surface area contributed by atoms with Crippen molar-refractivity contribution in [1.82, 2.24) is 5.48 Å². The van der Waals surface area contributed by atoms with E-state index in [-0.39, 0.29) is 17.4 Å². The van der Waals surface area contributed by atoms with Gasteiger partial charge in [0.25, 0.3) is 0 Å². The molecule has 0 saturated heterocycles. The number of Topliss-reactive ketones (excluding diaryl/α,β-unsaturated/α-hetero) is 1. The maximum atomic E-state index is 13.5. The van der Waals surface area contributed by atoms with Crippen molar-refractivity contribution in [2.45, 2.75) is 12.5 Å². The van der Waals surface area contributed by atoms with Crippen LogP contribution in [0.2, 0.25) is 0 Å². The highest BCUT2D eigenvalue weighted by Crippen LogP contribution is 2.27. The average molecular weight is 486 g/mol. The molecule has 2 N–H and O–H groups in total. The van der Waals surface area contributed by atoms with Crippen LogP contribution in [-0.4, -0.2) is 44.8 Å². The summed E-state index contributed by atoms with van der Waals surface area (Å²) in [7, 11) is 4.56. The van der Waals surface area contributed by atoms with Crippen LogP contribution in [-0.2, 0) is 16.1 Å². The van der Waals surface area contributed by atoms with Crippen molar-refractivity contribution in [3.8, 4) is 11.5 Å². The zero-order valence-electron chi connectivity index (χ0n) is 20.3. The number of anilines is 1. The first-order valence-corrected chi connectivity index (χ1v) is 11.3. The number of allylic oxidation sites excluding steroid dienone is 1. The van der Waals surface area contributed by atoms with Crippen molar-refractivity contribution in [3.05, 3.63) is 95.6 Å². The number of rotatable bonds is 9. The van der Waals surface area contributed by atoms with Crippen LogP contribution in [0, 0.1) is 0 Å². The summed E-state index contributed by atoms with van der Waals surface area (Å²) >= 11 is 0. The zero-order valence-corrected chi connectivity index (χ0v) is 20.3. The normalized spacial score (nSPS) is 14.5. The second-order valence-corrected chi connectivity index (χ2v) is 8.05. The highest BCUT2D eigenvalue weighted by atomic mass is 16.6. The number of ketones is 1. The summed E-state index contributed by atoms with van der Waals surface area (Å²) in [5.74, 6) is 0.435. The Hall–Kier alpha value is -4.43. The first kappa shape index (κ1) is 24.7. The van der Waals surface area contributed by atoms with Gasteiger partial charge in [-0.05, 0) is 11.6 Å². The number of amides is 1. The Bertz CT molecular complexity index is 1300. The third kappa shape index (κ3) is 5.61. The van der Waals surface area contributed by atoms with Crippen LogP contribution in [0.5, 0.6) is 11.5 Å². The molecule has 0 aromatic heterocycles. The first-order valence-electron chi connectivity index (χ1n) is 11.3. The molecule has 0 bridgehead atoms. The van der Waals surface area contributed by atoms with Gasteiger partial charge >= 0.3 is 0 Å². The quantitative estimate of drug-likeness (QED) is 0.443. The summed E-state index contributed by atoms with van der Waals surface area (Å²) < 4.78 is 10.6. The number of nitrogens with zero attached hydrogens (tertiary/aromatic N) is 1. The number of carbonyl (C=O) groups is 2. The molecule has 3 aromatic carbocycles. The summed E-state index contributed by atoms with van der Waals surface area (Å²) in [6.45, 7) is 0. The maximum absolute atomic E-state index is 13.5. The fourth-order valence-corrected chi connectivity index (χ4v) is 3.93. The molecular weight excluding hydrogens is 458 g/mol. The zero-order chi connectivity index (χ0) is 25.5. The average Bonchev–Trinajstić information content (AvgIpc) is 2.91. The van der Waals surface area contributed by atoms with Crippen molar-refractivity contribution < 1.29 is 23.9 Å². The number of hydroxylamine groups is 1. The fraction of sp³-hybridized carbons (Fsp3) is 0.179. The van der Waals surface area contributed by atoms with Gasteiger partial charge in [-0.15, -0.1) is 0 Å². The standard InChI is InChI=1S/C28H27N3O5/c1-34-20-14-19(15-21(16-20)35-2)29-28(33)26(13-18-9-5-4-6-10-18)30-25-17-24(31-36-3)22-11-7-8-12-23(22)27(25)32/h4-12,14-17,26,31H,13H2,1-3H3,(H,29,33)/t26-/m1/s1. The Labute approximate surface area is 209 Å². The molecule has 4 rings (SSSR count). The van der Waals surface area contributed by atoms with Crippen LogP contribution in [0.1, 0.15) is 21.5 Å². The van der Waals surface area contributed by atoms with Crippen LogP contribution < -0.4 is 20.3 Å². The van der Waals surface area contributed by atoms with Crippen LogP contribution >= 0.6 is 0 Å². The molecule has 1 amide bonds. The van der Waals surface area contributed by atoms with Gasteiger partial charge in [0.2, 0.25) is 11.7 Å². The third-order valence-corrected chi connectivity index (χ3v) is 5.68. The van der Waals surface area contributed by atoms with E-state index < -0.39 is 6.04 Å². The minimum absolute atomic E-state index is 0.160.